The maximum Gasteiger partial charge on any atom is 0.123 e. The topological polar surface area (TPSA) is 12.5 Å². The number of para-hydroxylation sites is 1. The summed E-state index contributed by atoms with van der Waals surface area (Å²) in [5.74, 6) is 1.06. The lowest BCUT2D eigenvalue weighted by atomic mass is 9.79. The van der Waals surface area contributed by atoms with Gasteiger partial charge in [-0.3, -0.25) is 4.90 Å². The number of nitrogens with zero attached hydrogens (tertiary/aromatic N) is 1. The largest absolute Gasteiger partial charge is 0.492 e. The predicted molar refractivity (Wildman–Crippen MR) is 83.3 cm³/mol. The van der Waals surface area contributed by atoms with Crippen LogP contribution < -0.4 is 4.74 Å². The summed E-state index contributed by atoms with van der Waals surface area (Å²) in [5, 5.41) is 0. The molecule has 1 aromatic rings. The lowest BCUT2D eigenvalue weighted by Crippen LogP contribution is -2.33. The smallest absolute Gasteiger partial charge is 0.123 e. The molecule has 1 fully saturated rings. The molecule has 0 aromatic heterocycles. The Kier molecular flexibility index (Phi) is 3.84. The molecule has 1 saturated heterocycles. The minimum absolute atomic E-state index is 0.101. The normalized spacial score (nSPS) is 26.1. The maximum atomic E-state index is 5.85. The molecule has 0 aliphatic carbocycles. The van der Waals surface area contributed by atoms with Crippen molar-refractivity contribution in [1.82, 2.24) is 4.90 Å². The molecule has 0 saturated carbocycles. The Morgan fingerprint density at radius 2 is 2.00 bits per heavy atom. The first-order valence-electron chi connectivity index (χ1n) is 7.79. The van der Waals surface area contributed by atoms with E-state index in [0.29, 0.717) is 0 Å². The van der Waals surface area contributed by atoms with E-state index < -0.39 is 0 Å². The van der Waals surface area contributed by atoms with Crippen LogP contribution in [0.1, 0.15) is 38.2 Å². The SMILES string of the molecule is C=C(CN1CCCCC1)CC1(C)COc2ccccc21. The van der Waals surface area contributed by atoms with Gasteiger partial charge in [-0.1, -0.05) is 43.7 Å². The minimum Gasteiger partial charge on any atom is -0.492 e. The zero-order valence-corrected chi connectivity index (χ0v) is 12.5. The molecule has 1 unspecified atom stereocenters. The second-order valence-electron chi connectivity index (χ2n) is 6.61. The Balaban J connectivity index is 1.64. The van der Waals surface area contributed by atoms with Gasteiger partial charge in [0.05, 0.1) is 6.61 Å². The van der Waals surface area contributed by atoms with Gasteiger partial charge in [0.2, 0.25) is 0 Å². The van der Waals surface area contributed by atoms with Gasteiger partial charge < -0.3 is 4.74 Å². The van der Waals surface area contributed by atoms with Gasteiger partial charge in [-0.05, 0) is 38.4 Å². The van der Waals surface area contributed by atoms with Crippen LogP contribution in [0.4, 0.5) is 0 Å². The zero-order chi connectivity index (χ0) is 14.0. The van der Waals surface area contributed by atoms with Gasteiger partial charge in [0.25, 0.3) is 0 Å². The molecule has 3 rings (SSSR count). The fourth-order valence-corrected chi connectivity index (χ4v) is 3.59. The summed E-state index contributed by atoms with van der Waals surface area (Å²) in [5.41, 5.74) is 2.79. The van der Waals surface area contributed by atoms with Crippen LogP contribution >= 0.6 is 0 Å². The highest BCUT2D eigenvalue weighted by atomic mass is 16.5. The van der Waals surface area contributed by atoms with Crippen molar-refractivity contribution in [3.63, 3.8) is 0 Å². The number of ether oxygens (including phenoxy) is 1. The van der Waals surface area contributed by atoms with Crippen LogP contribution in [0.3, 0.4) is 0 Å². The van der Waals surface area contributed by atoms with Gasteiger partial charge >= 0.3 is 0 Å². The van der Waals surface area contributed by atoms with E-state index in [-0.39, 0.29) is 5.41 Å². The molecule has 108 valence electrons. The third-order valence-corrected chi connectivity index (χ3v) is 4.62. The van der Waals surface area contributed by atoms with E-state index >= 15 is 0 Å². The van der Waals surface area contributed by atoms with Crippen molar-refractivity contribution in [2.75, 3.05) is 26.2 Å². The van der Waals surface area contributed by atoms with Crippen LogP contribution in [0.5, 0.6) is 5.75 Å². The highest BCUT2D eigenvalue weighted by molar-refractivity contribution is 5.43. The quantitative estimate of drug-likeness (QED) is 0.773. The summed E-state index contributed by atoms with van der Waals surface area (Å²) in [6.07, 6.45) is 5.11. The molecule has 0 bridgehead atoms. The summed E-state index contributed by atoms with van der Waals surface area (Å²) in [6.45, 7) is 11.0. The average molecular weight is 271 g/mol. The number of benzene rings is 1. The molecule has 0 amide bonds. The van der Waals surface area contributed by atoms with Crippen LogP contribution in [-0.4, -0.2) is 31.1 Å². The third-order valence-electron chi connectivity index (χ3n) is 4.62. The minimum atomic E-state index is 0.101. The molecular formula is C18H25NO. The summed E-state index contributed by atoms with van der Waals surface area (Å²) in [7, 11) is 0. The van der Waals surface area contributed by atoms with Crippen LogP contribution in [0.2, 0.25) is 0 Å². The average Bonchev–Trinajstić information content (AvgIpc) is 2.78. The van der Waals surface area contributed by atoms with Gasteiger partial charge in [-0.15, -0.1) is 0 Å². The highest BCUT2D eigenvalue weighted by Crippen LogP contribution is 2.42. The van der Waals surface area contributed by atoms with E-state index in [0.717, 1.165) is 25.3 Å². The van der Waals surface area contributed by atoms with Crippen LogP contribution in [-0.2, 0) is 5.41 Å². The molecule has 1 atom stereocenters. The van der Waals surface area contributed by atoms with E-state index in [9.17, 15) is 0 Å². The summed E-state index contributed by atoms with van der Waals surface area (Å²) in [6, 6.07) is 8.44. The Hall–Kier alpha value is -1.28. The molecule has 0 radical (unpaired) electrons. The summed E-state index contributed by atoms with van der Waals surface area (Å²) in [4.78, 5) is 2.55. The number of rotatable bonds is 4. The fraction of sp³-hybridized carbons (Fsp3) is 0.556. The van der Waals surface area contributed by atoms with Gasteiger partial charge in [0, 0.05) is 17.5 Å². The molecular weight excluding hydrogens is 246 g/mol. The molecule has 0 N–H and O–H groups in total. The lowest BCUT2D eigenvalue weighted by Gasteiger charge is -2.30. The Morgan fingerprint density at radius 1 is 1.25 bits per heavy atom. The molecule has 2 heterocycles. The fourth-order valence-electron chi connectivity index (χ4n) is 3.59. The molecule has 2 aliphatic heterocycles. The van der Waals surface area contributed by atoms with Crippen molar-refractivity contribution >= 4 is 0 Å². The molecule has 2 nitrogen and oxygen atoms in total. The Morgan fingerprint density at radius 3 is 2.80 bits per heavy atom. The van der Waals surface area contributed by atoms with E-state index in [2.05, 4.69) is 36.6 Å². The van der Waals surface area contributed by atoms with E-state index in [1.54, 1.807) is 0 Å². The highest BCUT2D eigenvalue weighted by Gasteiger charge is 2.36. The van der Waals surface area contributed by atoms with E-state index in [4.69, 9.17) is 4.74 Å². The van der Waals surface area contributed by atoms with Crippen molar-refractivity contribution in [2.24, 2.45) is 0 Å². The van der Waals surface area contributed by atoms with Gasteiger partial charge in [0.15, 0.2) is 0 Å². The van der Waals surface area contributed by atoms with Crippen molar-refractivity contribution in [2.45, 2.75) is 38.0 Å². The number of hydrogen-bond acceptors (Lipinski definition) is 2. The number of likely N-dealkylation sites (tertiary alicyclic amines) is 1. The van der Waals surface area contributed by atoms with Gasteiger partial charge in [-0.2, -0.15) is 0 Å². The van der Waals surface area contributed by atoms with Crippen LogP contribution in [0.15, 0.2) is 36.4 Å². The predicted octanol–water partition coefficient (Wildman–Crippen LogP) is 3.77. The second-order valence-corrected chi connectivity index (χ2v) is 6.61. The Labute approximate surface area is 122 Å². The number of piperidine rings is 1. The molecule has 2 aliphatic rings. The molecule has 20 heavy (non-hydrogen) atoms. The number of hydrogen-bond donors (Lipinski definition) is 0. The van der Waals surface area contributed by atoms with E-state index in [1.165, 1.54) is 43.5 Å². The van der Waals surface area contributed by atoms with Crippen LogP contribution in [0, 0.1) is 0 Å². The summed E-state index contributed by atoms with van der Waals surface area (Å²) < 4.78 is 5.85. The third kappa shape index (κ3) is 2.76. The van der Waals surface area contributed by atoms with Crippen LogP contribution in [0.25, 0.3) is 0 Å². The second kappa shape index (κ2) is 5.61. The monoisotopic (exact) mass is 271 g/mol. The van der Waals surface area contributed by atoms with Crippen molar-refractivity contribution < 1.29 is 4.74 Å². The molecule has 1 aromatic carbocycles. The van der Waals surface area contributed by atoms with Crippen molar-refractivity contribution in [1.29, 1.82) is 0 Å². The Bertz CT molecular complexity index is 490. The zero-order valence-electron chi connectivity index (χ0n) is 12.5. The summed E-state index contributed by atoms with van der Waals surface area (Å²) >= 11 is 0. The van der Waals surface area contributed by atoms with Gasteiger partial charge in [-0.25, -0.2) is 0 Å². The van der Waals surface area contributed by atoms with Crippen molar-refractivity contribution in [3.8, 4) is 5.75 Å². The molecule has 0 spiro atoms. The number of fused-ring (bicyclic) bond motifs is 1. The first-order chi connectivity index (χ1) is 9.67. The van der Waals surface area contributed by atoms with Gasteiger partial charge in [0.1, 0.15) is 5.75 Å². The first kappa shape index (κ1) is 13.7. The van der Waals surface area contributed by atoms with Crippen molar-refractivity contribution in [3.05, 3.63) is 42.0 Å². The first-order valence-corrected chi connectivity index (χ1v) is 7.79. The lowest BCUT2D eigenvalue weighted by molar-refractivity contribution is 0.235. The maximum absolute atomic E-state index is 5.85. The standard InChI is InChI=1S/C18H25NO/c1-15(13-19-10-6-3-7-11-19)12-18(2)14-20-17-9-5-4-8-16(17)18/h4-5,8-9H,1,3,6-7,10-14H2,2H3. The molecule has 2 heteroatoms. The van der Waals surface area contributed by atoms with E-state index in [1.807, 2.05) is 6.07 Å².